The molecule has 1 heterocycles. The van der Waals surface area contributed by atoms with Crippen LogP contribution >= 0.6 is 15.9 Å². The first-order chi connectivity index (χ1) is 9.70. The molecule has 0 saturated heterocycles. The smallest absolute Gasteiger partial charge is 0.271 e. The van der Waals surface area contributed by atoms with Gasteiger partial charge in [0.25, 0.3) is 5.91 Å². The number of amides is 1. The fourth-order valence-electron chi connectivity index (χ4n) is 1.55. The molecule has 0 saturated carbocycles. The molecule has 0 bridgehead atoms. The van der Waals surface area contributed by atoms with Gasteiger partial charge in [-0.1, -0.05) is 19.1 Å². The van der Waals surface area contributed by atoms with Crippen LogP contribution in [0.3, 0.4) is 0 Å². The maximum Gasteiger partial charge on any atom is 0.271 e. The number of nitrogens with one attached hydrogen (secondary N) is 2. The molecule has 0 aliphatic carbocycles. The van der Waals surface area contributed by atoms with Gasteiger partial charge >= 0.3 is 0 Å². The van der Waals surface area contributed by atoms with Crippen molar-refractivity contribution in [3.63, 3.8) is 0 Å². The highest BCUT2D eigenvalue weighted by atomic mass is 79.9. The third kappa shape index (κ3) is 3.77. The van der Waals surface area contributed by atoms with Gasteiger partial charge in [-0.05, 0) is 46.6 Å². The van der Waals surface area contributed by atoms with Gasteiger partial charge in [-0.2, -0.15) is 0 Å². The predicted octanol–water partition coefficient (Wildman–Crippen LogP) is 3.12. The van der Waals surface area contributed by atoms with Gasteiger partial charge in [-0.25, -0.2) is 0 Å². The topological polar surface area (TPSA) is 66.9 Å². The summed E-state index contributed by atoms with van der Waals surface area (Å²) in [4.78, 5) is 11.7. The van der Waals surface area contributed by atoms with E-state index in [0.29, 0.717) is 18.1 Å². The molecule has 2 rings (SSSR count). The van der Waals surface area contributed by atoms with E-state index in [9.17, 15) is 4.79 Å². The third-order valence-corrected chi connectivity index (χ3v) is 3.26. The van der Waals surface area contributed by atoms with Crippen LogP contribution in [0.4, 0.5) is 11.5 Å². The number of para-hydroxylation sites is 1. The van der Waals surface area contributed by atoms with Crippen LogP contribution in [0.15, 0.2) is 40.9 Å². The molecule has 1 aromatic heterocycles. The molecule has 2 N–H and O–H groups in total. The predicted molar refractivity (Wildman–Crippen MR) is 82.1 cm³/mol. The number of hydrogen-bond donors (Lipinski definition) is 2. The molecule has 0 spiro atoms. The largest absolute Gasteiger partial charge is 0.351 e. The molecule has 0 aliphatic rings. The van der Waals surface area contributed by atoms with Gasteiger partial charge in [-0.3, -0.25) is 4.79 Å². The first kappa shape index (κ1) is 14.5. The van der Waals surface area contributed by atoms with Crippen LogP contribution < -0.4 is 10.6 Å². The summed E-state index contributed by atoms with van der Waals surface area (Å²) in [5.41, 5.74) is 1.21. The highest BCUT2D eigenvalue weighted by Crippen LogP contribution is 2.23. The van der Waals surface area contributed by atoms with Gasteiger partial charge in [0.15, 0.2) is 11.5 Å². The van der Waals surface area contributed by atoms with Crippen molar-refractivity contribution in [1.29, 1.82) is 0 Å². The van der Waals surface area contributed by atoms with Crippen molar-refractivity contribution in [3.8, 4) is 0 Å². The fourth-order valence-corrected chi connectivity index (χ4v) is 1.93. The Morgan fingerprint density at radius 2 is 2.00 bits per heavy atom. The Balaban J connectivity index is 2.05. The molecule has 0 atom stereocenters. The Bertz CT molecular complexity index is 586. The summed E-state index contributed by atoms with van der Waals surface area (Å²) in [5, 5.41) is 13.8. The molecule has 0 unspecified atom stereocenters. The summed E-state index contributed by atoms with van der Waals surface area (Å²) in [6.07, 6.45) is 0.890. The number of benzene rings is 1. The van der Waals surface area contributed by atoms with E-state index in [-0.39, 0.29) is 5.91 Å². The quantitative estimate of drug-likeness (QED) is 0.881. The lowest BCUT2D eigenvalue weighted by Crippen LogP contribution is -2.25. The monoisotopic (exact) mass is 334 g/mol. The van der Waals surface area contributed by atoms with E-state index in [1.54, 1.807) is 12.1 Å². The molecule has 1 amide bonds. The van der Waals surface area contributed by atoms with Crippen molar-refractivity contribution >= 4 is 33.3 Å². The van der Waals surface area contributed by atoms with E-state index < -0.39 is 0 Å². The highest BCUT2D eigenvalue weighted by molar-refractivity contribution is 9.10. The lowest BCUT2D eigenvalue weighted by atomic mass is 10.3. The van der Waals surface area contributed by atoms with Gasteiger partial charge in [0, 0.05) is 11.0 Å². The molecule has 20 heavy (non-hydrogen) atoms. The Morgan fingerprint density at radius 1 is 1.20 bits per heavy atom. The summed E-state index contributed by atoms with van der Waals surface area (Å²) < 4.78 is 0.937. The van der Waals surface area contributed by atoms with Crippen LogP contribution in [0.25, 0.3) is 0 Å². The van der Waals surface area contributed by atoms with Crippen molar-refractivity contribution in [1.82, 2.24) is 15.5 Å². The summed E-state index contributed by atoms with van der Waals surface area (Å²) in [7, 11) is 0. The molecular weight excluding hydrogens is 320 g/mol. The zero-order chi connectivity index (χ0) is 14.4. The van der Waals surface area contributed by atoms with Crippen LogP contribution in [0, 0.1) is 0 Å². The maximum absolute atomic E-state index is 11.7. The van der Waals surface area contributed by atoms with Gasteiger partial charge < -0.3 is 10.6 Å². The third-order valence-electron chi connectivity index (χ3n) is 2.57. The van der Waals surface area contributed by atoms with Crippen molar-refractivity contribution in [2.45, 2.75) is 13.3 Å². The zero-order valence-electron chi connectivity index (χ0n) is 11.1. The van der Waals surface area contributed by atoms with E-state index in [4.69, 9.17) is 0 Å². The normalized spacial score (nSPS) is 10.1. The van der Waals surface area contributed by atoms with Crippen LogP contribution in [0.1, 0.15) is 23.8 Å². The molecule has 6 heteroatoms. The highest BCUT2D eigenvalue weighted by Gasteiger charge is 2.07. The number of rotatable bonds is 5. The van der Waals surface area contributed by atoms with Gasteiger partial charge in [0.1, 0.15) is 0 Å². The van der Waals surface area contributed by atoms with E-state index in [1.165, 1.54) is 0 Å². The van der Waals surface area contributed by atoms with E-state index in [2.05, 4.69) is 36.8 Å². The number of halogens is 1. The van der Waals surface area contributed by atoms with Gasteiger partial charge in [0.05, 0.1) is 5.69 Å². The average Bonchev–Trinajstić information content (AvgIpc) is 2.48. The van der Waals surface area contributed by atoms with E-state index in [0.717, 1.165) is 16.6 Å². The number of aromatic nitrogens is 2. The second kappa shape index (κ2) is 7.00. The molecule has 0 radical (unpaired) electrons. The summed E-state index contributed by atoms with van der Waals surface area (Å²) in [5.74, 6) is 0.385. The zero-order valence-corrected chi connectivity index (χ0v) is 12.6. The van der Waals surface area contributed by atoms with Crippen molar-refractivity contribution < 1.29 is 4.79 Å². The van der Waals surface area contributed by atoms with Crippen molar-refractivity contribution in [2.75, 3.05) is 11.9 Å². The standard InChI is InChI=1S/C14H15BrN4O/c1-2-9-16-14(20)12-7-8-13(19-18-12)17-11-6-4-3-5-10(11)15/h3-8H,2,9H2,1H3,(H,16,20)(H,17,19). The second-order valence-electron chi connectivity index (χ2n) is 4.16. The molecule has 104 valence electrons. The lowest BCUT2D eigenvalue weighted by Gasteiger charge is -2.07. The SMILES string of the molecule is CCCNC(=O)c1ccc(Nc2ccccc2Br)nn1. The Morgan fingerprint density at radius 3 is 2.65 bits per heavy atom. The Kier molecular flexibility index (Phi) is 5.06. The van der Waals surface area contributed by atoms with Crippen LogP contribution in [0.2, 0.25) is 0 Å². The van der Waals surface area contributed by atoms with Gasteiger partial charge in [0.2, 0.25) is 0 Å². The minimum Gasteiger partial charge on any atom is -0.351 e. The molecule has 0 aliphatic heterocycles. The van der Waals surface area contributed by atoms with Crippen LogP contribution in [0.5, 0.6) is 0 Å². The first-order valence-electron chi connectivity index (χ1n) is 6.34. The molecule has 1 aromatic carbocycles. The summed E-state index contributed by atoms with van der Waals surface area (Å²) >= 11 is 3.45. The number of carbonyl (C=O) groups is 1. The molecular formula is C14H15BrN4O. The number of anilines is 2. The maximum atomic E-state index is 11.7. The number of carbonyl (C=O) groups excluding carboxylic acids is 1. The lowest BCUT2D eigenvalue weighted by molar-refractivity contribution is 0.0947. The minimum atomic E-state index is -0.202. The first-order valence-corrected chi connectivity index (χ1v) is 7.13. The van der Waals surface area contributed by atoms with E-state index >= 15 is 0 Å². The number of nitrogens with zero attached hydrogens (tertiary/aromatic N) is 2. The molecule has 5 nitrogen and oxygen atoms in total. The van der Waals surface area contributed by atoms with E-state index in [1.807, 2.05) is 31.2 Å². The summed E-state index contributed by atoms with van der Waals surface area (Å²) in [6, 6.07) is 11.1. The van der Waals surface area contributed by atoms with Crippen LogP contribution in [-0.4, -0.2) is 22.6 Å². The fraction of sp³-hybridized carbons (Fsp3) is 0.214. The molecule has 2 aromatic rings. The Labute approximate surface area is 125 Å². The van der Waals surface area contributed by atoms with Gasteiger partial charge in [-0.15, -0.1) is 10.2 Å². The second-order valence-corrected chi connectivity index (χ2v) is 5.02. The summed E-state index contributed by atoms with van der Waals surface area (Å²) in [6.45, 7) is 2.63. The Hall–Kier alpha value is -1.95. The molecule has 0 fully saturated rings. The van der Waals surface area contributed by atoms with Crippen molar-refractivity contribution in [2.24, 2.45) is 0 Å². The van der Waals surface area contributed by atoms with Crippen molar-refractivity contribution in [3.05, 3.63) is 46.6 Å². The average molecular weight is 335 g/mol. The minimum absolute atomic E-state index is 0.202. The van der Waals surface area contributed by atoms with Crippen LogP contribution in [-0.2, 0) is 0 Å². The number of hydrogen-bond acceptors (Lipinski definition) is 4.